The van der Waals surface area contributed by atoms with E-state index in [9.17, 15) is 4.79 Å². The molecule has 1 N–H and O–H groups in total. The number of rotatable bonds is 3. The number of aromatic nitrogens is 1. The molecule has 0 aliphatic rings. The lowest BCUT2D eigenvalue weighted by Crippen LogP contribution is -2.06. The van der Waals surface area contributed by atoms with Gasteiger partial charge in [0.25, 0.3) is 0 Å². The van der Waals surface area contributed by atoms with Crippen molar-refractivity contribution in [3.8, 4) is 0 Å². The lowest BCUT2D eigenvalue weighted by molar-refractivity contribution is 0.0594. The van der Waals surface area contributed by atoms with Gasteiger partial charge in [0.2, 0.25) is 0 Å². The lowest BCUT2D eigenvalue weighted by Gasteiger charge is -2.13. The van der Waals surface area contributed by atoms with Gasteiger partial charge in [-0.15, -0.1) is 0 Å². The maximum absolute atomic E-state index is 11.9. The van der Waals surface area contributed by atoms with E-state index >= 15 is 0 Å². The topological polar surface area (TPSA) is 51.2 Å². The zero-order valence-electron chi connectivity index (χ0n) is 14.3. The van der Waals surface area contributed by atoms with Crippen molar-refractivity contribution >= 4 is 28.2 Å². The predicted molar refractivity (Wildman–Crippen MR) is 97.0 cm³/mol. The average molecular weight is 320 g/mol. The molecule has 0 spiro atoms. The van der Waals surface area contributed by atoms with E-state index in [0.717, 1.165) is 27.8 Å². The molecule has 3 rings (SSSR count). The van der Waals surface area contributed by atoms with Gasteiger partial charge in [0.05, 0.1) is 18.3 Å². The molecule has 0 fully saturated rings. The van der Waals surface area contributed by atoms with Crippen molar-refractivity contribution in [1.82, 2.24) is 4.98 Å². The SMILES string of the molecule is COC(=O)c1cc(Nc2ccc(C)c(C)c2)c2cc(C)ccc2n1. The Morgan fingerprint density at radius 2 is 1.79 bits per heavy atom. The Morgan fingerprint density at radius 3 is 2.50 bits per heavy atom. The van der Waals surface area contributed by atoms with E-state index in [-0.39, 0.29) is 0 Å². The van der Waals surface area contributed by atoms with Crippen molar-refractivity contribution in [1.29, 1.82) is 0 Å². The van der Waals surface area contributed by atoms with Crippen molar-refractivity contribution in [3.05, 3.63) is 64.8 Å². The molecule has 0 aliphatic heterocycles. The molecule has 24 heavy (non-hydrogen) atoms. The maximum atomic E-state index is 11.9. The summed E-state index contributed by atoms with van der Waals surface area (Å²) >= 11 is 0. The predicted octanol–water partition coefficient (Wildman–Crippen LogP) is 4.69. The number of benzene rings is 2. The maximum Gasteiger partial charge on any atom is 0.356 e. The van der Waals surface area contributed by atoms with Crippen LogP contribution in [0, 0.1) is 20.8 Å². The molecule has 4 heteroatoms. The number of carbonyl (C=O) groups is 1. The van der Waals surface area contributed by atoms with Crippen LogP contribution in [0.15, 0.2) is 42.5 Å². The first-order chi connectivity index (χ1) is 11.5. The van der Waals surface area contributed by atoms with Crippen molar-refractivity contribution in [2.45, 2.75) is 20.8 Å². The summed E-state index contributed by atoms with van der Waals surface area (Å²) in [6.07, 6.45) is 0. The fourth-order valence-electron chi connectivity index (χ4n) is 2.63. The van der Waals surface area contributed by atoms with Crippen LogP contribution in [0.4, 0.5) is 11.4 Å². The third-order valence-electron chi connectivity index (χ3n) is 4.14. The molecule has 0 radical (unpaired) electrons. The molecule has 0 unspecified atom stereocenters. The minimum absolute atomic E-state index is 0.292. The van der Waals surface area contributed by atoms with E-state index in [0.29, 0.717) is 5.69 Å². The molecule has 0 saturated heterocycles. The first-order valence-corrected chi connectivity index (χ1v) is 7.82. The zero-order valence-corrected chi connectivity index (χ0v) is 14.3. The second-order valence-corrected chi connectivity index (χ2v) is 5.99. The average Bonchev–Trinajstić information content (AvgIpc) is 2.57. The van der Waals surface area contributed by atoms with Crippen LogP contribution in [0.5, 0.6) is 0 Å². The van der Waals surface area contributed by atoms with E-state index in [2.05, 4.69) is 42.3 Å². The third-order valence-corrected chi connectivity index (χ3v) is 4.14. The first-order valence-electron chi connectivity index (χ1n) is 7.82. The minimum atomic E-state index is -0.444. The number of nitrogens with zero attached hydrogens (tertiary/aromatic N) is 1. The van der Waals surface area contributed by atoms with Gasteiger partial charge in [-0.3, -0.25) is 0 Å². The summed E-state index contributed by atoms with van der Waals surface area (Å²) in [5.74, 6) is -0.444. The molecule has 4 nitrogen and oxygen atoms in total. The van der Waals surface area contributed by atoms with E-state index < -0.39 is 5.97 Å². The molecule has 1 aromatic heterocycles. The summed E-state index contributed by atoms with van der Waals surface area (Å²) in [6, 6.07) is 13.9. The van der Waals surface area contributed by atoms with E-state index in [1.54, 1.807) is 6.07 Å². The molecule has 3 aromatic rings. The van der Waals surface area contributed by atoms with E-state index in [4.69, 9.17) is 4.74 Å². The van der Waals surface area contributed by atoms with Gasteiger partial charge < -0.3 is 10.1 Å². The first kappa shape index (κ1) is 16.0. The molecule has 0 aliphatic carbocycles. The van der Waals surface area contributed by atoms with Crippen molar-refractivity contribution < 1.29 is 9.53 Å². The Morgan fingerprint density at radius 1 is 1.00 bits per heavy atom. The fourth-order valence-corrected chi connectivity index (χ4v) is 2.63. The molecule has 0 amide bonds. The Bertz CT molecular complexity index is 932. The van der Waals surface area contributed by atoms with Gasteiger partial charge >= 0.3 is 5.97 Å². The Balaban J connectivity index is 2.14. The third kappa shape index (κ3) is 3.08. The lowest BCUT2D eigenvalue weighted by atomic mass is 10.1. The summed E-state index contributed by atoms with van der Waals surface area (Å²) in [5.41, 5.74) is 6.46. The Hall–Kier alpha value is -2.88. The quantitative estimate of drug-likeness (QED) is 0.711. The van der Waals surface area contributed by atoms with Crippen LogP contribution < -0.4 is 5.32 Å². The number of hydrogen-bond acceptors (Lipinski definition) is 4. The van der Waals surface area contributed by atoms with Gasteiger partial charge in [-0.25, -0.2) is 9.78 Å². The summed E-state index contributed by atoms with van der Waals surface area (Å²) in [5, 5.41) is 4.39. The Kier molecular flexibility index (Phi) is 4.21. The zero-order chi connectivity index (χ0) is 17.3. The molecule has 0 atom stereocenters. The van der Waals surface area contributed by atoms with Gasteiger partial charge in [0.15, 0.2) is 5.69 Å². The molecule has 2 aromatic carbocycles. The van der Waals surface area contributed by atoms with E-state index in [1.165, 1.54) is 18.2 Å². The number of nitrogens with one attached hydrogen (secondary N) is 1. The number of hydrogen-bond donors (Lipinski definition) is 1. The van der Waals surface area contributed by atoms with Crippen LogP contribution in [0.2, 0.25) is 0 Å². The van der Waals surface area contributed by atoms with Gasteiger partial charge in [-0.1, -0.05) is 17.7 Å². The molecule has 0 saturated carbocycles. The highest BCUT2D eigenvalue weighted by molar-refractivity contribution is 5.99. The molecular formula is C20H20N2O2. The van der Waals surface area contributed by atoms with Gasteiger partial charge in [-0.2, -0.15) is 0 Å². The van der Waals surface area contributed by atoms with Crippen LogP contribution >= 0.6 is 0 Å². The van der Waals surface area contributed by atoms with Crippen molar-refractivity contribution in [3.63, 3.8) is 0 Å². The van der Waals surface area contributed by atoms with Crippen LogP contribution in [0.25, 0.3) is 10.9 Å². The standard InChI is InChI=1S/C20H20N2O2/c1-12-5-8-17-16(9-12)18(11-19(22-17)20(23)24-4)21-15-7-6-13(2)14(3)10-15/h5-11H,1-4H3,(H,21,22). The second-order valence-electron chi connectivity index (χ2n) is 5.99. The van der Waals surface area contributed by atoms with Crippen LogP contribution in [0.3, 0.4) is 0 Å². The van der Waals surface area contributed by atoms with Crippen LogP contribution in [-0.4, -0.2) is 18.1 Å². The number of ether oxygens (including phenoxy) is 1. The normalized spacial score (nSPS) is 10.7. The number of aryl methyl sites for hydroxylation is 3. The number of methoxy groups -OCH3 is 1. The summed E-state index contributed by atoms with van der Waals surface area (Å²) in [4.78, 5) is 16.3. The summed E-state index contributed by atoms with van der Waals surface area (Å²) in [6.45, 7) is 6.20. The number of anilines is 2. The fraction of sp³-hybridized carbons (Fsp3) is 0.200. The molecule has 122 valence electrons. The number of esters is 1. The van der Waals surface area contributed by atoms with Crippen molar-refractivity contribution in [2.24, 2.45) is 0 Å². The van der Waals surface area contributed by atoms with Gasteiger partial charge in [0, 0.05) is 11.1 Å². The van der Waals surface area contributed by atoms with Crippen LogP contribution in [-0.2, 0) is 4.74 Å². The highest BCUT2D eigenvalue weighted by Gasteiger charge is 2.13. The summed E-state index contributed by atoms with van der Waals surface area (Å²) in [7, 11) is 1.36. The number of pyridine rings is 1. The van der Waals surface area contributed by atoms with Crippen molar-refractivity contribution in [2.75, 3.05) is 12.4 Å². The highest BCUT2D eigenvalue weighted by atomic mass is 16.5. The minimum Gasteiger partial charge on any atom is -0.464 e. The van der Waals surface area contributed by atoms with Gasteiger partial charge in [-0.05, 0) is 62.2 Å². The highest BCUT2D eigenvalue weighted by Crippen LogP contribution is 2.28. The van der Waals surface area contributed by atoms with Crippen LogP contribution in [0.1, 0.15) is 27.2 Å². The molecular weight excluding hydrogens is 300 g/mol. The molecule has 1 heterocycles. The number of carbonyl (C=O) groups excluding carboxylic acids is 1. The largest absolute Gasteiger partial charge is 0.464 e. The number of fused-ring (bicyclic) bond motifs is 1. The smallest absolute Gasteiger partial charge is 0.356 e. The van der Waals surface area contributed by atoms with Gasteiger partial charge in [0.1, 0.15) is 0 Å². The molecule has 0 bridgehead atoms. The second kappa shape index (κ2) is 6.32. The van der Waals surface area contributed by atoms with E-state index in [1.807, 2.05) is 25.1 Å². The Labute approximate surface area is 141 Å². The monoisotopic (exact) mass is 320 g/mol. The summed E-state index contributed by atoms with van der Waals surface area (Å²) < 4.78 is 4.82.